The molecule has 1 N–H and O–H groups in total. The lowest BCUT2D eigenvalue weighted by Gasteiger charge is -2.43. The van der Waals surface area contributed by atoms with Crippen LogP contribution in [0.3, 0.4) is 0 Å². The van der Waals surface area contributed by atoms with Crippen LogP contribution in [0.2, 0.25) is 0 Å². The van der Waals surface area contributed by atoms with Crippen LogP contribution in [-0.2, 0) is 29.8 Å². The summed E-state index contributed by atoms with van der Waals surface area (Å²) in [4.78, 5) is 29.0. The summed E-state index contributed by atoms with van der Waals surface area (Å²) in [7, 11) is 0. The minimum Gasteiger partial charge on any atom is -0.350 e. The Hall–Kier alpha value is -3.41. The van der Waals surface area contributed by atoms with Crippen molar-refractivity contribution in [1.29, 1.82) is 0 Å². The number of nitrogens with one attached hydrogen (secondary N) is 1. The Bertz CT molecular complexity index is 1160. The summed E-state index contributed by atoms with van der Waals surface area (Å²) in [6.45, 7) is 11.1. The fourth-order valence-electron chi connectivity index (χ4n) is 4.10. The second kappa shape index (κ2) is 8.50. The molecular weight excluding hydrogens is 412 g/mol. The van der Waals surface area contributed by atoms with Gasteiger partial charge in [0.05, 0.1) is 12.2 Å². The van der Waals surface area contributed by atoms with Gasteiger partial charge >= 0.3 is 0 Å². The first kappa shape index (κ1) is 22.8. The normalized spacial score (nSPS) is 18.2. The number of carbonyl (C=O) groups is 2. The van der Waals surface area contributed by atoms with E-state index >= 15 is 0 Å². The van der Waals surface area contributed by atoms with E-state index in [1.807, 2.05) is 74.5 Å². The molecular formula is C27H32N4O2. The molecule has 0 spiro atoms. The molecule has 0 saturated heterocycles. The van der Waals surface area contributed by atoms with E-state index < -0.39 is 5.54 Å². The average molecular weight is 445 g/mol. The van der Waals surface area contributed by atoms with Crippen molar-refractivity contribution < 1.29 is 9.59 Å². The van der Waals surface area contributed by atoms with Crippen molar-refractivity contribution in [2.45, 2.75) is 65.2 Å². The van der Waals surface area contributed by atoms with Crippen LogP contribution in [0.4, 0.5) is 0 Å². The molecule has 1 aliphatic heterocycles. The van der Waals surface area contributed by atoms with E-state index in [0.29, 0.717) is 25.3 Å². The van der Waals surface area contributed by atoms with Gasteiger partial charge < -0.3 is 10.2 Å². The minimum atomic E-state index is -1.08. The SMILES string of the molecule is Cc1ccc(CN2C(=O)c3cc(C(C)(C)C)nn3CC2(C)C(=O)NCc2ccccc2)cc1. The van der Waals surface area contributed by atoms with Gasteiger partial charge in [0, 0.05) is 18.5 Å². The monoisotopic (exact) mass is 444 g/mol. The molecule has 1 aromatic heterocycles. The molecule has 1 aliphatic rings. The number of hydrogen-bond acceptors (Lipinski definition) is 3. The van der Waals surface area contributed by atoms with Crippen molar-refractivity contribution in [3.05, 3.63) is 88.7 Å². The van der Waals surface area contributed by atoms with Gasteiger partial charge in [0.25, 0.3) is 5.91 Å². The minimum absolute atomic E-state index is 0.179. The van der Waals surface area contributed by atoms with E-state index in [4.69, 9.17) is 5.10 Å². The van der Waals surface area contributed by atoms with Crippen LogP contribution in [-0.4, -0.2) is 32.0 Å². The van der Waals surface area contributed by atoms with Crippen molar-refractivity contribution in [2.24, 2.45) is 0 Å². The fraction of sp³-hybridized carbons (Fsp3) is 0.370. The number of amides is 2. The lowest BCUT2D eigenvalue weighted by atomic mass is 9.91. The Kier molecular flexibility index (Phi) is 5.87. The van der Waals surface area contributed by atoms with Gasteiger partial charge in [-0.1, -0.05) is 80.9 Å². The standard InChI is InChI=1S/C27H32N4O2/c1-19-11-13-21(14-12-19)17-30-24(32)22-15-23(26(2,3)4)29-31(22)18-27(30,5)25(33)28-16-20-9-7-6-8-10-20/h6-15H,16-18H2,1-5H3,(H,28,33). The van der Waals surface area contributed by atoms with Crippen molar-refractivity contribution in [2.75, 3.05) is 0 Å². The number of aromatic nitrogens is 2. The van der Waals surface area contributed by atoms with Crippen LogP contribution >= 0.6 is 0 Å². The van der Waals surface area contributed by atoms with Gasteiger partial charge in [0.2, 0.25) is 5.91 Å². The Balaban J connectivity index is 1.69. The van der Waals surface area contributed by atoms with Crippen LogP contribution in [0.5, 0.6) is 0 Å². The van der Waals surface area contributed by atoms with Gasteiger partial charge in [-0.2, -0.15) is 5.10 Å². The maximum Gasteiger partial charge on any atom is 0.273 e. The molecule has 4 rings (SSSR count). The lowest BCUT2D eigenvalue weighted by Crippen LogP contribution is -2.63. The van der Waals surface area contributed by atoms with E-state index in [9.17, 15) is 9.59 Å². The largest absolute Gasteiger partial charge is 0.350 e. The van der Waals surface area contributed by atoms with Gasteiger partial charge in [-0.25, -0.2) is 0 Å². The first-order valence-corrected chi connectivity index (χ1v) is 11.4. The number of benzene rings is 2. The smallest absolute Gasteiger partial charge is 0.273 e. The molecule has 6 nitrogen and oxygen atoms in total. The summed E-state index contributed by atoms with van der Waals surface area (Å²) in [6, 6.07) is 19.7. The molecule has 33 heavy (non-hydrogen) atoms. The zero-order valence-electron chi connectivity index (χ0n) is 20.1. The van der Waals surface area contributed by atoms with E-state index in [1.165, 1.54) is 0 Å². The highest BCUT2D eigenvalue weighted by Crippen LogP contribution is 2.32. The van der Waals surface area contributed by atoms with Gasteiger partial charge in [0.15, 0.2) is 0 Å². The predicted octanol–water partition coefficient (Wildman–Crippen LogP) is 4.22. The van der Waals surface area contributed by atoms with Crippen LogP contribution < -0.4 is 5.32 Å². The quantitative estimate of drug-likeness (QED) is 0.641. The molecule has 0 radical (unpaired) electrons. The third-order valence-corrected chi connectivity index (χ3v) is 6.31. The van der Waals surface area contributed by atoms with E-state index in [0.717, 1.165) is 22.4 Å². The van der Waals surface area contributed by atoms with Crippen LogP contribution in [0, 0.1) is 6.92 Å². The van der Waals surface area contributed by atoms with Crippen LogP contribution in [0.15, 0.2) is 60.7 Å². The average Bonchev–Trinajstić information content (AvgIpc) is 3.21. The summed E-state index contributed by atoms with van der Waals surface area (Å²) in [6.07, 6.45) is 0. The number of rotatable bonds is 5. The highest BCUT2D eigenvalue weighted by atomic mass is 16.2. The van der Waals surface area contributed by atoms with E-state index in [2.05, 4.69) is 26.1 Å². The molecule has 3 aromatic rings. The number of hydrogen-bond donors (Lipinski definition) is 1. The van der Waals surface area contributed by atoms with Crippen LogP contribution in [0.1, 0.15) is 60.6 Å². The molecule has 6 heteroatoms. The summed E-state index contributed by atoms with van der Waals surface area (Å²) in [5.41, 5.74) is 3.25. The molecule has 2 heterocycles. The molecule has 172 valence electrons. The maximum absolute atomic E-state index is 13.7. The second-order valence-corrected chi connectivity index (χ2v) is 10.1. The van der Waals surface area contributed by atoms with Crippen molar-refractivity contribution >= 4 is 11.8 Å². The number of nitrogens with zero attached hydrogens (tertiary/aromatic N) is 3. The second-order valence-electron chi connectivity index (χ2n) is 10.1. The van der Waals surface area contributed by atoms with Gasteiger partial charge in [-0.15, -0.1) is 0 Å². The van der Waals surface area contributed by atoms with E-state index in [1.54, 1.807) is 9.58 Å². The summed E-state index contributed by atoms with van der Waals surface area (Å²) in [5, 5.41) is 7.76. The molecule has 1 atom stereocenters. The number of carbonyl (C=O) groups excluding carboxylic acids is 2. The zero-order valence-corrected chi connectivity index (χ0v) is 20.1. The fourth-order valence-corrected chi connectivity index (χ4v) is 4.10. The Morgan fingerprint density at radius 3 is 2.36 bits per heavy atom. The topological polar surface area (TPSA) is 67.2 Å². The number of aryl methyl sites for hydroxylation is 1. The predicted molar refractivity (Wildman–Crippen MR) is 129 cm³/mol. The van der Waals surface area contributed by atoms with E-state index in [-0.39, 0.29) is 17.2 Å². The van der Waals surface area contributed by atoms with Gasteiger partial charge in [0.1, 0.15) is 11.2 Å². The molecule has 0 bridgehead atoms. The summed E-state index contributed by atoms with van der Waals surface area (Å²) < 4.78 is 1.71. The molecule has 0 aliphatic carbocycles. The first-order valence-electron chi connectivity index (χ1n) is 11.4. The molecule has 1 unspecified atom stereocenters. The highest BCUT2D eigenvalue weighted by molar-refractivity contribution is 5.99. The first-order chi connectivity index (χ1) is 15.6. The van der Waals surface area contributed by atoms with Crippen molar-refractivity contribution in [3.63, 3.8) is 0 Å². The highest BCUT2D eigenvalue weighted by Gasteiger charge is 2.48. The Morgan fingerprint density at radius 2 is 1.73 bits per heavy atom. The lowest BCUT2D eigenvalue weighted by molar-refractivity contribution is -0.133. The third kappa shape index (κ3) is 4.56. The van der Waals surface area contributed by atoms with Crippen molar-refractivity contribution in [3.8, 4) is 0 Å². The van der Waals surface area contributed by atoms with Crippen molar-refractivity contribution in [1.82, 2.24) is 20.0 Å². The Labute approximate surface area is 195 Å². The molecule has 2 aromatic carbocycles. The zero-order chi connectivity index (χ0) is 23.8. The van der Waals surface area contributed by atoms with Crippen LogP contribution in [0.25, 0.3) is 0 Å². The van der Waals surface area contributed by atoms with Gasteiger partial charge in [-0.05, 0) is 31.0 Å². The summed E-state index contributed by atoms with van der Waals surface area (Å²) in [5.74, 6) is -0.368. The van der Waals surface area contributed by atoms with Gasteiger partial charge in [-0.3, -0.25) is 14.3 Å². The number of fused-ring (bicyclic) bond motifs is 1. The molecule has 0 fully saturated rings. The Morgan fingerprint density at radius 1 is 1.06 bits per heavy atom. The molecule has 2 amide bonds. The molecule has 0 saturated carbocycles. The summed E-state index contributed by atoms with van der Waals surface area (Å²) >= 11 is 0. The maximum atomic E-state index is 13.7. The third-order valence-electron chi connectivity index (χ3n) is 6.31.